The summed E-state index contributed by atoms with van der Waals surface area (Å²) in [6, 6.07) is 23.2. The first kappa shape index (κ1) is 23.8. The molecule has 0 saturated carbocycles. The Morgan fingerprint density at radius 2 is 1.61 bits per heavy atom. The fraction of sp³-hybridized carbons (Fsp3) is 0.276. The van der Waals surface area contributed by atoms with Gasteiger partial charge >= 0.3 is 6.03 Å². The molecule has 0 bridgehead atoms. The number of nitrogens with one attached hydrogen (secondary N) is 1. The Morgan fingerprint density at radius 3 is 2.36 bits per heavy atom. The lowest BCUT2D eigenvalue weighted by Gasteiger charge is -2.34. The van der Waals surface area contributed by atoms with E-state index in [0.717, 1.165) is 40.9 Å². The van der Waals surface area contributed by atoms with Crippen LogP contribution in [0.2, 0.25) is 0 Å². The minimum atomic E-state index is -1.20. The maximum atomic E-state index is 13.3. The van der Waals surface area contributed by atoms with Crippen LogP contribution in [0.3, 0.4) is 0 Å². The molecule has 3 aromatic rings. The molecule has 1 unspecified atom stereocenters. The van der Waals surface area contributed by atoms with E-state index in [1.165, 1.54) is 0 Å². The van der Waals surface area contributed by atoms with Crippen molar-refractivity contribution in [1.82, 2.24) is 20.0 Å². The van der Waals surface area contributed by atoms with Gasteiger partial charge in [0.25, 0.3) is 5.91 Å². The lowest BCUT2D eigenvalue weighted by molar-refractivity contribution is -0.139. The smallest absolute Gasteiger partial charge is 0.325 e. The number of hydrogen-bond acceptors (Lipinski definition) is 4. The first-order chi connectivity index (χ1) is 17.4. The molecule has 0 aliphatic carbocycles. The van der Waals surface area contributed by atoms with E-state index in [2.05, 4.69) is 34.5 Å². The quantitative estimate of drug-likeness (QED) is 0.546. The third-order valence-electron chi connectivity index (χ3n) is 7.09. The zero-order chi connectivity index (χ0) is 25.1. The molecule has 5 rings (SSSR count). The van der Waals surface area contributed by atoms with E-state index in [9.17, 15) is 14.4 Å². The minimum absolute atomic E-state index is 0.208. The van der Waals surface area contributed by atoms with Crippen LogP contribution in [0.4, 0.5) is 4.79 Å². The Balaban J connectivity index is 1.18. The van der Waals surface area contributed by atoms with Gasteiger partial charge in [-0.25, -0.2) is 4.79 Å². The van der Waals surface area contributed by atoms with Gasteiger partial charge in [-0.05, 0) is 34.9 Å². The van der Waals surface area contributed by atoms with Crippen LogP contribution in [0.1, 0.15) is 18.1 Å². The average Bonchev–Trinajstić information content (AvgIpc) is 3.13. The largest absolute Gasteiger partial charge is 0.339 e. The number of imide groups is 1. The van der Waals surface area contributed by atoms with Gasteiger partial charge in [0.1, 0.15) is 12.1 Å². The second-order valence-electron chi connectivity index (χ2n) is 9.50. The average molecular weight is 483 g/mol. The summed E-state index contributed by atoms with van der Waals surface area (Å²) in [5.74, 6) is -0.610. The fourth-order valence-corrected chi connectivity index (χ4v) is 4.85. The van der Waals surface area contributed by atoms with E-state index in [4.69, 9.17) is 0 Å². The molecule has 0 radical (unpaired) electrons. The molecule has 2 aliphatic rings. The van der Waals surface area contributed by atoms with Gasteiger partial charge in [-0.3, -0.25) is 19.4 Å². The van der Waals surface area contributed by atoms with Crippen LogP contribution in [0.25, 0.3) is 16.8 Å². The summed E-state index contributed by atoms with van der Waals surface area (Å²) in [4.78, 5) is 44.2. The molecule has 7 heteroatoms. The van der Waals surface area contributed by atoms with Crippen molar-refractivity contribution < 1.29 is 14.4 Å². The Hall–Kier alpha value is -3.97. The highest BCUT2D eigenvalue weighted by molar-refractivity contribution is 6.09. The van der Waals surface area contributed by atoms with Crippen molar-refractivity contribution in [3.05, 3.63) is 90.0 Å². The van der Waals surface area contributed by atoms with Gasteiger partial charge in [0.15, 0.2) is 0 Å². The molecule has 2 fully saturated rings. The van der Waals surface area contributed by atoms with Crippen molar-refractivity contribution in [2.45, 2.75) is 12.5 Å². The van der Waals surface area contributed by atoms with Crippen LogP contribution in [-0.4, -0.2) is 71.8 Å². The maximum Gasteiger partial charge on any atom is 0.325 e. The van der Waals surface area contributed by atoms with Crippen LogP contribution in [0.15, 0.2) is 78.9 Å². The molecule has 4 amide bonds. The van der Waals surface area contributed by atoms with Gasteiger partial charge in [-0.2, -0.15) is 0 Å². The predicted octanol–water partition coefficient (Wildman–Crippen LogP) is 3.46. The predicted molar refractivity (Wildman–Crippen MR) is 140 cm³/mol. The SMILES string of the molecule is CC1(c2ccc3ccccc3c2)NC(=O)N(CC(=O)N2CCN(CC=Cc3ccccc3)CC2)C1=O. The number of benzene rings is 3. The van der Waals surface area contributed by atoms with Crippen molar-refractivity contribution >= 4 is 34.7 Å². The number of nitrogens with zero attached hydrogens (tertiary/aromatic N) is 3. The third-order valence-corrected chi connectivity index (χ3v) is 7.09. The first-order valence-electron chi connectivity index (χ1n) is 12.3. The molecule has 36 heavy (non-hydrogen) atoms. The number of fused-ring (bicyclic) bond motifs is 1. The first-order valence-corrected chi connectivity index (χ1v) is 12.3. The summed E-state index contributed by atoms with van der Waals surface area (Å²) in [5.41, 5.74) is 0.660. The molecule has 1 N–H and O–H groups in total. The topological polar surface area (TPSA) is 73.0 Å². The fourth-order valence-electron chi connectivity index (χ4n) is 4.85. The van der Waals surface area contributed by atoms with Gasteiger partial charge in [0.05, 0.1) is 0 Å². The second-order valence-corrected chi connectivity index (χ2v) is 9.50. The molecule has 2 aliphatic heterocycles. The van der Waals surface area contributed by atoms with Crippen molar-refractivity contribution in [2.75, 3.05) is 39.3 Å². The van der Waals surface area contributed by atoms with Gasteiger partial charge < -0.3 is 10.2 Å². The Bertz CT molecular complexity index is 1310. The monoisotopic (exact) mass is 482 g/mol. The van der Waals surface area contributed by atoms with Gasteiger partial charge in [-0.1, -0.05) is 78.9 Å². The van der Waals surface area contributed by atoms with Crippen LogP contribution in [0.5, 0.6) is 0 Å². The van der Waals surface area contributed by atoms with E-state index in [-0.39, 0.29) is 12.5 Å². The number of carbonyl (C=O) groups is 3. The van der Waals surface area contributed by atoms with Gasteiger partial charge in [-0.15, -0.1) is 0 Å². The highest BCUT2D eigenvalue weighted by Crippen LogP contribution is 2.31. The molecule has 2 saturated heterocycles. The highest BCUT2D eigenvalue weighted by Gasteiger charge is 2.49. The summed E-state index contributed by atoms with van der Waals surface area (Å²) >= 11 is 0. The molecule has 0 aromatic heterocycles. The number of carbonyl (C=O) groups excluding carboxylic acids is 3. The number of rotatable bonds is 6. The lowest BCUT2D eigenvalue weighted by atomic mass is 9.90. The third kappa shape index (κ3) is 4.75. The van der Waals surface area contributed by atoms with Crippen LogP contribution < -0.4 is 5.32 Å². The molecule has 184 valence electrons. The zero-order valence-corrected chi connectivity index (χ0v) is 20.4. The van der Waals surface area contributed by atoms with E-state index >= 15 is 0 Å². The van der Waals surface area contributed by atoms with Crippen molar-refractivity contribution in [3.8, 4) is 0 Å². The standard InChI is InChI=1S/C29H30N4O3/c1-29(25-14-13-23-11-5-6-12-24(23)20-25)27(35)33(28(36)30-29)21-26(34)32-18-16-31(17-19-32)15-7-10-22-8-3-2-4-9-22/h2-14,20H,15-19,21H2,1H3,(H,30,36). The summed E-state index contributed by atoms with van der Waals surface area (Å²) in [7, 11) is 0. The van der Waals surface area contributed by atoms with Crippen LogP contribution >= 0.6 is 0 Å². The number of urea groups is 1. The molecule has 7 nitrogen and oxygen atoms in total. The van der Waals surface area contributed by atoms with E-state index in [0.29, 0.717) is 18.7 Å². The molecule has 2 heterocycles. The van der Waals surface area contributed by atoms with Crippen LogP contribution in [0, 0.1) is 0 Å². The molecule has 3 aromatic carbocycles. The normalized spacial score (nSPS) is 20.9. The maximum absolute atomic E-state index is 13.3. The van der Waals surface area contributed by atoms with Crippen LogP contribution in [-0.2, 0) is 15.1 Å². The summed E-state index contributed by atoms with van der Waals surface area (Å²) in [5, 5.41) is 4.86. The lowest BCUT2D eigenvalue weighted by Crippen LogP contribution is -2.52. The van der Waals surface area contributed by atoms with E-state index in [1.807, 2.05) is 60.7 Å². The molecular weight excluding hydrogens is 452 g/mol. The summed E-state index contributed by atoms with van der Waals surface area (Å²) < 4.78 is 0. The number of amides is 4. The van der Waals surface area contributed by atoms with Crippen molar-refractivity contribution in [1.29, 1.82) is 0 Å². The van der Waals surface area contributed by atoms with E-state index in [1.54, 1.807) is 11.8 Å². The van der Waals surface area contributed by atoms with Gasteiger partial charge in [0.2, 0.25) is 5.91 Å². The Kier molecular flexibility index (Phi) is 6.57. The van der Waals surface area contributed by atoms with Crippen molar-refractivity contribution in [2.24, 2.45) is 0 Å². The van der Waals surface area contributed by atoms with Gasteiger partial charge in [0, 0.05) is 32.7 Å². The number of piperazine rings is 1. The van der Waals surface area contributed by atoms with Crippen molar-refractivity contribution in [3.63, 3.8) is 0 Å². The molecule has 1 atom stereocenters. The number of hydrogen-bond donors (Lipinski definition) is 1. The Morgan fingerprint density at radius 1 is 0.917 bits per heavy atom. The molecule has 0 spiro atoms. The molecular formula is C29H30N4O3. The van der Waals surface area contributed by atoms with E-state index < -0.39 is 17.5 Å². The summed E-state index contributed by atoms with van der Waals surface area (Å²) in [6.45, 7) is 4.91. The zero-order valence-electron chi connectivity index (χ0n) is 20.4. The minimum Gasteiger partial charge on any atom is -0.339 e. The summed E-state index contributed by atoms with van der Waals surface area (Å²) in [6.07, 6.45) is 4.23. The Labute approximate surface area is 211 Å². The highest BCUT2D eigenvalue weighted by atomic mass is 16.2. The second kappa shape index (κ2) is 9.95.